The molecule has 0 unspecified atom stereocenters. The molecule has 7 heteroatoms. The van der Waals surface area contributed by atoms with Crippen LogP contribution in [0.25, 0.3) is 0 Å². The van der Waals surface area contributed by atoms with Gasteiger partial charge in [0.1, 0.15) is 12.2 Å². The molecule has 0 saturated carbocycles. The number of carbonyl (C=O) groups excluding carboxylic acids is 1. The Morgan fingerprint density at radius 2 is 2.48 bits per heavy atom. The van der Waals surface area contributed by atoms with E-state index >= 15 is 0 Å². The Kier molecular flexibility index (Phi) is 4.19. The maximum absolute atomic E-state index is 12.3. The van der Waals surface area contributed by atoms with Crippen molar-refractivity contribution < 1.29 is 4.79 Å². The van der Waals surface area contributed by atoms with Gasteiger partial charge in [-0.1, -0.05) is 0 Å². The number of anilines is 1. The van der Waals surface area contributed by atoms with E-state index in [0.717, 1.165) is 37.4 Å². The molecule has 1 aliphatic rings. The first-order valence-electron chi connectivity index (χ1n) is 7.23. The molecule has 1 aliphatic heterocycles. The van der Waals surface area contributed by atoms with Gasteiger partial charge in [-0.15, -0.1) is 10.2 Å². The average molecular weight is 305 g/mol. The lowest BCUT2D eigenvalue weighted by molar-refractivity contribution is 0.190. The minimum absolute atomic E-state index is 0.0272. The third kappa shape index (κ3) is 3.07. The molecule has 3 rings (SSSR count). The Morgan fingerprint density at radius 1 is 1.57 bits per heavy atom. The Balaban J connectivity index is 1.67. The molecule has 3 heterocycles. The van der Waals surface area contributed by atoms with Crippen LogP contribution in [0, 0.1) is 0 Å². The second kappa shape index (κ2) is 6.26. The fourth-order valence-electron chi connectivity index (χ4n) is 2.73. The van der Waals surface area contributed by atoms with E-state index in [1.165, 1.54) is 0 Å². The molecule has 0 radical (unpaired) electrons. The number of carbonyl (C=O) groups is 1. The summed E-state index contributed by atoms with van der Waals surface area (Å²) in [6.45, 7) is 4.44. The van der Waals surface area contributed by atoms with Crippen molar-refractivity contribution in [3.63, 3.8) is 0 Å². The summed E-state index contributed by atoms with van der Waals surface area (Å²) in [5.74, 6) is 1.26. The lowest BCUT2D eigenvalue weighted by Gasteiger charge is -2.32. The summed E-state index contributed by atoms with van der Waals surface area (Å²) in [5.41, 5.74) is 0.865. The standard InChI is InChI=1S/C14H19N5OS/c1-2-18-10-15-17-13(18)11-4-3-6-19(8-11)14(20)16-12-5-7-21-9-12/h5,7,9-11H,2-4,6,8H2,1H3,(H,16,20)/t11-/m1/s1. The summed E-state index contributed by atoms with van der Waals surface area (Å²) in [5, 5.41) is 15.1. The van der Waals surface area contributed by atoms with Crippen molar-refractivity contribution in [2.24, 2.45) is 0 Å². The molecule has 2 aromatic rings. The van der Waals surface area contributed by atoms with Gasteiger partial charge in [0.05, 0.1) is 5.69 Å². The van der Waals surface area contributed by atoms with Crippen LogP contribution in [-0.4, -0.2) is 38.8 Å². The van der Waals surface area contributed by atoms with E-state index in [1.807, 2.05) is 21.7 Å². The molecule has 1 fully saturated rings. The zero-order valence-electron chi connectivity index (χ0n) is 12.0. The number of hydrogen-bond acceptors (Lipinski definition) is 4. The van der Waals surface area contributed by atoms with Crippen LogP contribution in [0.5, 0.6) is 0 Å². The molecule has 0 aliphatic carbocycles. The van der Waals surface area contributed by atoms with Gasteiger partial charge in [-0.25, -0.2) is 4.79 Å². The molecule has 6 nitrogen and oxygen atoms in total. The van der Waals surface area contributed by atoms with Gasteiger partial charge in [0, 0.05) is 30.9 Å². The number of hydrogen-bond donors (Lipinski definition) is 1. The van der Waals surface area contributed by atoms with E-state index in [9.17, 15) is 4.79 Å². The molecule has 0 spiro atoms. The average Bonchev–Trinajstić information content (AvgIpc) is 3.18. The SMILES string of the molecule is CCn1cnnc1[C@@H]1CCCN(C(=O)Nc2ccsc2)C1. The summed E-state index contributed by atoms with van der Waals surface area (Å²) in [4.78, 5) is 14.2. The number of piperidine rings is 1. The normalized spacial score (nSPS) is 18.7. The smallest absolute Gasteiger partial charge is 0.321 e. The van der Waals surface area contributed by atoms with Gasteiger partial charge in [0.15, 0.2) is 0 Å². The second-order valence-electron chi connectivity index (χ2n) is 5.20. The monoisotopic (exact) mass is 305 g/mol. The van der Waals surface area contributed by atoms with E-state index in [4.69, 9.17) is 0 Å². The number of nitrogens with zero attached hydrogens (tertiary/aromatic N) is 4. The number of nitrogens with one attached hydrogen (secondary N) is 1. The minimum atomic E-state index is -0.0272. The highest BCUT2D eigenvalue weighted by Gasteiger charge is 2.27. The van der Waals surface area contributed by atoms with Crippen LogP contribution in [0.15, 0.2) is 23.2 Å². The highest BCUT2D eigenvalue weighted by molar-refractivity contribution is 7.08. The Morgan fingerprint density at radius 3 is 3.24 bits per heavy atom. The molecular formula is C14H19N5OS. The van der Waals surface area contributed by atoms with Gasteiger partial charge in [-0.2, -0.15) is 11.3 Å². The maximum atomic E-state index is 12.3. The Labute approximate surface area is 127 Å². The number of rotatable bonds is 3. The van der Waals surface area contributed by atoms with Crippen LogP contribution in [0.1, 0.15) is 31.5 Å². The summed E-state index contributed by atoms with van der Waals surface area (Å²) in [6.07, 6.45) is 3.82. The molecule has 0 aromatic carbocycles. The molecule has 1 saturated heterocycles. The third-order valence-electron chi connectivity index (χ3n) is 3.83. The van der Waals surface area contributed by atoms with Crippen LogP contribution >= 0.6 is 11.3 Å². The maximum Gasteiger partial charge on any atom is 0.321 e. The van der Waals surface area contributed by atoms with Crippen molar-refractivity contribution in [2.75, 3.05) is 18.4 Å². The zero-order valence-corrected chi connectivity index (χ0v) is 12.8. The molecule has 2 amide bonds. The Bertz CT molecular complexity index is 594. The number of amides is 2. The van der Waals surface area contributed by atoms with E-state index in [0.29, 0.717) is 6.54 Å². The number of urea groups is 1. The zero-order chi connectivity index (χ0) is 14.7. The predicted octanol–water partition coefficient (Wildman–Crippen LogP) is 2.77. The number of thiophene rings is 1. The molecule has 0 bridgehead atoms. The molecule has 1 N–H and O–H groups in total. The lowest BCUT2D eigenvalue weighted by Crippen LogP contribution is -2.42. The van der Waals surface area contributed by atoms with Gasteiger partial charge in [0.2, 0.25) is 0 Å². The van der Waals surface area contributed by atoms with E-state index in [-0.39, 0.29) is 11.9 Å². The first kappa shape index (κ1) is 14.1. The second-order valence-corrected chi connectivity index (χ2v) is 5.98. The van der Waals surface area contributed by atoms with Crippen molar-refractivity contribution in [2.45, 2.75) is 32.2 Å². The van der Waals surface area contributed by atoms with Crippen molar-refractivity contribution in [3.8, 4) is 0 Å². The minimum Gasteiger partial charge on any atom is -0.324 e. The highest BCUT2D eigenvalue weighted by Crippen LogP contribution is 2.26. The summed E-state index contributed by atoms with van der Waals surface area (Å²) >= 11 is 1.58. The van der Waals surface area contributed by atoms with Crippen LogP contribution in [0.3, 0.4) is 0 Å². The summed E-state index contributed by atoms with van der Waals surface area (Å²) in [7, 11) is 0. The van der Waals surface area contributed by atoms with Gasteiger partial charge in [0.25, 0.3) is 0 Å². The lowest BCUT2D eigenvalue weighted by atomic mass is 9.97. The first-order valence-corrected chi connectivity index (χ1v) is 8.18. The van der Waals surface area contributed by atoms with E-state index < -0.39 is 0 Å². The number of aromatic nitrogens is 3. The predicted molar refractivity (Wildman–Crippen MR) is 82.6 cm³/mol. The first-order chi connectivity index (χ1) is 10.3. The molecule has 112 valence electrons. The van der Waals surface area contributed by atoms with Crippen LogP contribution in [-0.2, 0) is 6.54 Å². The van der Waals surface area contributed by atoms with Crippen molar-refractivity contribution in [3.05, 3.63) is 29.0 Å². The van der Waals surface area contributed by atoms with Gasteiger partial charge >= 0.3 is 6.03 Å². The highest BCUT2D eigenvalue weighted by atomic mass is 32.1. The van der Waals surface area contributed by atoms with Gasteiger partial charge < -0.3 is 14.8 Å². The van der Waals surface area contributed by atoms with E-state index in [1.54, 1.807) is 17.7 Å². The number of likely N-dealkylation sites (tertiary alicyclic amines) is 1. The van der Waals surface area contributed by atoms with E-state index in [2.05, 4.69) is 27.0 Å². The van der Waals surface area contributed by atoms with Gasteiger partial charge in [-0.3, -0.25) is 0 Å². The fraction of sp³-hybridized carbons (Fsp3) is 0.500. The quantitative estimate of drug-likeness (QED) is 0.948. The molecule has 1 atom stereocenters. The van der Waals surface area contributed by atoms with Crippen LogP contribution in [0.4, 0.5) is 10.5 Å². The van der Waals surface area contributed by atoms with Crippen molar-refractivity contribution >= 4 is 23.1 Å². The largest absolute Gasteiger partial charge is 0.324 e. The summed E-state index contributed by atoms with van der Waals surface area (Å²) < 4.78 is 2.06. The van der Waals surface area contributed by atoms with Crippen LogP contribution in [0.2, 0.25) is 0 Å². The Hall–Kier alpha value is -1.89. The molecule has 21 heavy (non-hydrogen) atoms. The summed E-state index contributed by atoms with van der Waals surface area (Å²) in [6, 6.07) is 1.89. The van der Waals surface area contributed by atoms with Gasteiger partial charge in [-0.05, 0) is 31.2 Å². The third-order valence-corrected chi connectivity index (χ3v) is 4.52. The molecule has 2 aromatic heterocycles. The molecular weight excluding hydrogens is 286 g/mol. The van der Waals surface area contributed by atoms with Crippen molar-refractivity contribution in [1.82, 2.24) is 19.7 Å². The van der Waals surface area contributed by atoms with Crippen molar-refractivity contribution in [1.29, 1.82) is 0 Å². The topological polar surface area (TPSA) is 63.1 Å². The van der Waals surface area contributed by atoms with Crippen LogP contribution < -0.4 is 5.32 Å². The number of aryl methyl sites for hydroxylation is 1. The fourth-order valence-corrected chi connectivity index (χ4v) is 3.32.